The fraction of sp³-hybridized carbons (Fsp3) is 0.419. The average molecular weight is 497 g/mol. The Kier molecular flexibility index (Phi) is 5.84. The monoisotopic (exact) mass is 496 g/mol. The molecule has 190 valence electrons. The van der Waals surface area contributed by atoms with Gasteiger partial charge < -0.3 is 14.4 Å². The lowest BCUT2D eigenvalue weighted by Crippen LogP contribution is -2.69. The van der Waals surface area contributed by atoms with E-state index in [2.05, 4.69) is 41.5 Å². The Morgan fingerprint density at radius 2 is 2.00 bits per heavy atom. The molecule has 2 bridgehead atoms. The van der Waals surface area contributed by atoms with Crippen molar-refractivity contribution in [3.05, 3.63) is 77.6 Å². The zero-order chi connectivity index (χ0) is 25.7. The van der Waals surface area contributed by atoms with Gasteiger partial charge in [0.1, 0.15) is 17.6 Å². The molecule has 6 heteroatoms. The highest BCUT2D eigenvalue weighted by molar-refractivity contribution is 5.94. The van der Waals surface area contributed by atoms with Crippen LogP contribution in [0.4, 0.5) is 0 Å². The number of likely N-dealkylation sites (tertiary alicyclic amines) is 1. The van der Waals surface area contributed by atoms with Crippen molar-refractivity contribution in [1.82, 2.24) is 9.80 Å². The predicted molar refractivity (Wildman–Crippen MR) is 140 cm³/mol. The topological polar surface area (TPSA) is 59.1 Å². The standard InChI is InChI=1S/C31H32N2O4/c1-20(36-21(2)34)19-33-17-16-31-24-13-14-25(32(3)28(35)15-12-22-8-5-4-6-9-22)30(31)37-27-11-7-10-23(29(27)31)18-26(24)33/h4-11,24-26,30H,1,13-14,16-19H2,2-3H3/t24-,25+,26+,30-,31-/m0/s1. The van der Waals surface area contributed by atoms with Crippen LogP contribution in [0.25, 0.3) is 0 Å². The summed E-state index contributed by atoms with van der Waals surface area (Å²) in [5, 5.41) is 0. The highest BCUT2D eigenvalue weighted by Crippen LogP contribution is 2.62. The van der Waals surface area contributed by atoms with E-state index < -0.39 is 0 Å². The van der Waals surface area contributed by atoms with Crippen molar-refractivity contribution in [3.63, 3.8) is 0 Å². The minimum absolute atomic E-state index is 0.0459. The van der Waals surface area contributed by atoms with E-state index in [1.54, 1.807) is 0 Å². The molecule has 37 heavy (non-hydrogen) atoms. The lowest BCUT2D eigenvalue weighted by molar-refractivity contribution is -0.139. The summed E-state index contributed by atoms with van der Waals surface area (Å²) in [5.41, 5.74) is 3.40. The van der Waals surface area contributed by atoms with Crippen molar-refractivity contribution < 1.29 is 19.1 Å². The molecule has 0 radical (unpaired) electrons. The fourth-order valence-corrected chi connectivity index (χ4v) is 7.51. The Hall–Kier alpha value is -3.56. The van der Waals surface area contributed by atoms with E-state index >= 15 is 0 Å². The Bertz CT molecular complexity index is 1330. The van der Waals surface area contributed by atoms with Gasteiger partial charge in [-0.25, -0.2) is 0 Å². The third-order valence-corrected chi connectivity index (χ3v) is 8.87. The van der Waals surface area contributed by atoms with E-state index in [0.29, 0.717) is 24.3 Å². The molecule has 2 aromatic rings. The largest absolute Gasteiger partial charge is 0.487 e. The van der Waals surface area contributed by atoms with Crippen molar-refractivity contribution in [1.29, 1.82) is 0 Å². The maximum Gasteiger partial charge on any atom is 0.307 e. The number of hydrogen-bond acceptors (Lipinski definition) is 5. The van der Waals surface area contributed by atoms with Crippen LogP contribution in [0.1, 0.15) is 42.9 Å². The molecular formula is C31H32N2O4. The van der Waals surface area contributed by atoms with Gasteiger partial charge in [-0.05, 0) is 61.9 Å². The number of benzene rings is 2. The van der Waals surface area contributed by atoms with E-state index in [0.717, 1.165) is 43.5 Å². The third-order valence-electron chi connectivity index (χ3n) is 8.87. The first-order chi connectivity index (χ1) is 17.9. The van der Waals surface area contributed by atoms with Gasteiger partial charge in [0.05, 0.1) is 12.6 Å². The number of rotatable bonds is 4. The number of carbonyl (C=O) groups is 2. The second-order valence-electron chi connectivity index (χ2n) is 10.8. The summed E-state index contributed by atoms with van der Waals surface area (Å²) >= 11 is 0. The SMILES string of the molecule is C=C(CN1CC[C@]23c4c5cccc4O[C@H]2[C@H](N(C)C(=O)C#Cc2ccccc2)CC[C@H]3[C@H]1C5)OC(C)=O. The number of nitrogens with zero attached hydrogens (tertiary/aromatic N) is 2. The van der Waals surface area contributed by atoms with Gasteiger partial charge in [0.25, 0.3) is 5.91 Å². The Balaban J connectivity index is 1.30. The van der Waals surface area contributed by atoms with Gasteiger partial charge in [0.15, 0.2) is 0 Å². The van der Waals surface area contributed by atoms with E-state index in [1.807, 2.05) is 42.3 Å². The zero-order valence-corrected chi connectivity index (χ0v) is 21.4. The second kappa shape index (κ2) is 9.08. The molecule has 0 aromatic heterocycles. The number of carbonyl (C=O) groups excluding carboxylic acids is 2. The number of piperidine rings is 1. The van der Waals surface area contributed by atoms with Crippen molar-refractivity contribution in [2.24, 2.45) is 5.92 Å². The molecule has 1 amide bonds. The minimum Gasteiger partial charge on any atom is -0.487 e. The van der Waals surface area contributed by atoms with Crippen LogP contribution >= 0.6 is 0 Å². The van der Waals surface area contributed by atoms with Gasteiger partial charge in [0.2, 0.25) is 0 Å². The lowest BCUT2D eigenvalue weighted by atomic mass is 9.51. The summed E-state index contributed by atoms with van der Waals surface area (Å²) in [4.78, 5) is 28.9. The quantitative estimate of drug-likeness (QED) is 0.367. The van der Waals surface area contributed by atoms with Crippen LogP contribution in [-0.4, -0.2) is 60.0 Å². The molecule has 2 fully saturated rings. The van der Waals surface area contributed by atoms with Crippen LogP contribution in [0, 0.1) is 17.8 Å². The van der Waals surface area contributed by atoms with Crippen molar-refractivity contribution in [2.75, 3.05) is 20.1 Å². The summed E-state index contributed by atoms with van der Waals surface area (Å²) in [6.45, 7) is 6.83. The van der Waals surface area contributed by atoms with Gasteiger partial charge in [0, 0.05) is 42.5 Å². The normalized spacial score (nSPS) is 28.7. The maximum absolute atomic E-state index is 13.2. The number of hydrogen-bond donors (Lipinski definition) is 0. The smallest absolute Gasteiger partial charge is 0.307 e. The maximum atomic E-state index is 13.2. The predicted octanol–water partition coefficient (Wildman–Crippen LogP) is 3.68. The molecular weight excluding hydrogens is 464 g/mol. The Morgan fingerprint density at radius 3 is 2.78 bits per heavy atom. The molecule has 1 saturated carbocycles. The van der Waals surface area contributed by atoms with Crippen LogP contribution in [-0.2, 0) is 26.2 Å². The van der Waals surface area contributed by atoms with Gasteiger partial charge in [-0.3, -0.25) is 14.5 Å². The van der Waals surface area contributed by atoms with Crippen LogP contribution < -0.4 is 4.74 Å². The summed E-state index contributed by atoms with van der Waals surface area (Å²) < 4.78 is 12.0. The number of amides is 1. The van der Waals surface area contributed by atoms with Gasteiger partial charge in [-0.15, -0.1) is 0 Å². The molecule has 4 aliphatic rings. The van der Waals surface area contributed by atoms with Gasteiger partial charge in [-0.2, -0.15) is 0 Å². The van der Waals surface area contributed by atoms with Crippen molar-refractivity contribution >= 4 is 11.9 Å². The van der Waals surface area contributed by atoms with E-state index in [9.17, 15) is 9.59 Å². The number of esters is 1. The third kappa shape index (κ3) is 3.84. The molecule has 2 aliphatic heterocycles. The first-order valence-corrected chi connectivity index (χ1v) is 13.1. The number of likely N-dealkylation sites (N-methyl/N-ethyl adjacent to an activating group) is 1. The molecule has 2 aromatic carbocycles. The average Bonchev–Trinajstić information content (AvgIpc) is 3.22. The van der Waals surface area contributed by atoms with Crippen LogP contribution in [0.15, 0.2) is 60.9 Å². The summed E-state index contributed by atoms with van der Waals surface area (Å²) in [7, 11) is 1.87. The van der Waals surface area contributed by atoms with Crippen LogP contribution in [0.2, 0.25) is 0 Å². The molecule has 1 spiro atoms. The summed E-state index contributed by atoms with van der Waals surface area (Å²) in [6, 6.07) is 16.3. The van der Waals surface area contributed by atoms with Crippen LogP contribution in [0.5, 0.6) is 5.75 Å². The van der Waals surface area contributed by atoms with E-state index in [1.165, 1.54) is 18.1 Å². The minimum atomic E-state index is -0.329. The molecule has 5 atom stereocenters. The van der Waals surface area contributed by atoms with Crippen molar-refractivity contribution in [2.45, 2.75) is 56.2 Å². The number of ether oxygens (including phenoxy) is 2. The van der Waals surface area contributed by atoms with Gasteiger partial charge >= 0.3 is 5.97 Å². The van der Waals surface area contributed by atoms with Crippen molar-refractivity contribution in [3.8, 4) is 17.6 Å². The molecule has 1 saturated heterocycles. The van der Waals surface area contributed by atoms with E-state index in [4.69, 9.17) is 9.47 Å². The highest BCUT2D eigenvalue weighted by atomic mass is 16.5. The molecule has 0 unspecified atom stereocenters. The molecule has 6 nitrogen and oxygen atoms in total. The molecule has 2 heterocycles. The zero-order valence-electron chi connectivity index (χ0n) is 21.4. The second-order valence-corrected chi connectivity index (χ2v) is 10.8. The molecule has 6 rings (SSSR count). The fourth-order valence-electron chi connectivity index (χ4n) is 7.51. The van der Waals surface area contributed by atoms with Gasteiger partial charge in [-0.1, -0.05) is 42.8 Å². The first-order valence-electron chi connectivity index (χ1n) is 13.1. The first kappa shape index (κ1) is 23.8. The molecule has 0 N–H and O–H groups in total. The Labute approximate surface area is 218 Å². The summed E-state index contributed by atoms with van der Waals surface area (Å²) in [5.74, 6) is 7.25. The Morgan fingerprint density at radius 1 is 1.19 bits per heavy atom. The van der Waals surface area contributed by atoms with E-state index in [-0.39, 0.29) is 29.4 Å². The summed E-state index contributed by atoms with van der Waals surface area (Å²) in [6.07, 6.45) is 3.65. The lowest BCUT2D eigenvalue weighted by Gasteiger charge is -2.60. The highest BCUT2D eigenvalue weighted by Gasteiger charge is 2.65. The molecule has 2 aliphatic carbocycles. The van der Waals surface area contributed by atoms with Crippen LogP contribution in [0.3, 0.4) is 0 Å².